The highest BCUT2D eigenvalue weighted by molar-refractivity contribution is 7.99. The van der Waals surface area contributed by atoms with E-state index >= 15 is 0 Å². The third kappa shape index (κ3) is 4.44. The summed E-state index contributed by atoms with van der Waals surface area (Å²) in [7, 11) is -3.70. The van der Waals surface area contributed by atoms with Crippen molar-refractivity contribution in [3.8, 4) is 0 Å². The third-order valence-corrected chi connectivity index (χ3v) is 5.43. The van der Waals surface area contributed by atoms with Gasteiger partial charge >= 0.3 is 0 Å². The fourth-order valence-electron chi connectivity index (χ4n) is 1.74. The van der Waals surface area contributed by atoms with E-state index in [1.54, 1.807) is 18.7 Å². The molecule has 1 aromatic carbocycles. The molecular formula is C13H20FNO3S2. The quantitative estimate of drug-likeness (QED) is 0.806. The van der Waals surface area contributed by atoms with Gasteiger partial charge in [-0.3, -0.25) is 0 Å². The van der Waals surface area contributed by atoms with E-state index in [0.29, 0.717) is 5.75 Å². The highest BCUT2D eigenvalue weighted by atomic mass is 32.2. The highest BCUT2D eigenvalue weighted by Crippen LogP contribution is 2.19. The Morgan fingerprint density at radius 1 is 1.45 bits per heavy atom. The van der Waals surface area contributed by atoms with Crippen LogP contribution in [0.2, 0.25) is 0 Å². The molecule has 2 N–H and O–H groups in total. The van der Waals surface area contributed by atoms with Gasteiger partial charge in [-0.2, -0.15) is 11.8 Å². The number of nitrogens with one attached hydrogen (secondary N) is 1. The first-order valence-corrected chi connectivity index (χ1v) is 8.95. The van der Waals surface area contributed by atoms with Crippen LogP contribution in [0.25, 0.3) is 0 Å². The Balaban J connectivity index is 3.01. The van der Waals surface area contributed by atoms with Crippen molar-refractivity contribution < 1.29 is 17.9 Å². The molecule has 0 fully saturated rings. The first-order chi connectivity index (χ1) is 9.31. The molecule has 0 aromatic heterocycles. The number of aliphatic hydroxyl groups excluding tert-OH is 1. The molecule has 0 saturated carbocycles. The van der Waals surface area contributed by atoms with E-state index in [9.17, 15) is 12.8 Å². The summed E-state index contributed by atoms with van der Waals surface area (Å²) in [6.07, 6.45) is 0. The zero-order valence-corrected chi connectivity index (χ0v) is 13.4. The van der Waals surface area contributed by atoms with Gasteiger partial charge < -0.3 is 5.11 Å². The maximum Gasteiger partial charge on any atom is 0.240 e. The van der Waals surface area contributed by atoms with E-state index in [2.05, 4.69) is 4.72 Å². The van der Waals surface area contributed by atoms with Crippen molar-refractivity contribution in [3.05, 3.63) is 29.1 Å². The second kappa shape index (κ2) is 7.40. The number of aliphatic hydroxyl groups is 1. The molecule has 1 rings (SSSR count). The van der Waals surface area contributed by atoms with Crippen LogP contribution < -0.4 is 4.72 Å². The molecule has 0 aliphatic rings. The predicted molar refractivity (Wildman–Crippen MR) is 79.8 cm³/mol. The predicted octanol–water partition coefficient (Wildman–Crippen LogP) is 2.05. The molecule has 0 aliphatic heterocycles. The van der Waals surface area contributed by atoms with E-state index in [1.165, 1.54) is 19.1 Å². The summed E-state index contributed by atoms with van der Waals surface area (Å²) in [6.45, 7) is 4.73. The summed E-state index contributed by atoms with van der Waals surface area (Å²) in [5, 5.41) is 9.07. The minimum absolute atomic E-state index is 0.0130. The molecule has 0 bridgehead atoms. The van der Waals surface area contributed by atoms with Crippen LogP contribution in [0.5, 0.6) is 0 Å². The molecule has 0 saturated heterocycles. The van der Waals surface area contributed by atoms with E-state index in [1.807, 2.05) is 6.92 Å². The smallest absolute Gasteiger partial charge is 0.240 e. The van der Waals surface area contributed by atoms with Gasteiger partial charge in [-0.25, -0.2) is 17.5 Å². The summed E-state index contributed by atoms with van der Waals surface area (Å²) in [5.41, 5.74) is 0.188. The van der Waals surface area contributed by atoms with Crippen LogP contribution in [0.3, 0.4) is 0 Å². The molecule has 0 spiro atoms. The molecule has 1 unspecified atom stereocenters. The molecule has 0 heterocycles. The number of hydrogen-bond donors (Lipinski definition) is 2. The SMILES string of the molecule is CCSCC(C)NS(=O)(=O)c1cc(C)c(F)c(CO)c1. The fourth-order valence-corrected chi connectivity index (χ4v) is 3.90. The Morgan fingerprint density at radius 2 is 2.10 bits per heavy atom. The van der Waals surface area contributed by atoms with Gasteiger partial charge in [-0.15, -0.1) is 0 Å². The van der Waals surface area contributed by atoms with Gasteiger partial charge in [0, 0.05) is 17.4 Å². The molecule has 0 aliphatic carbocycles. The average Bonchev–Trinajstić information content (AvgIpc) is 2.38. The van der Waals surface area contributed by atoms with Crippen LogP contribution in [0.1, 0.15) is 25.0 Å². The summed E-state index contributed by atoms with van der Waals surface area (Å²) in [6, 6.07) is 2.23. The van der Waals surface area contributed by atoms with Crippen LogP contribution in [0.15, 0.2) is 17.0 Å². The maximum atomic E-state index is 13.6. The third-order valence-electron chi connectivity index (χ3n) is 2.71. The number of aryl methyl sites for hydroxylation is 1. The van der Waals surface area contributed by atoms with E-state index in [0.717, 1.165) is 5.75 Å². The van der Waals surface area contributed by atoms with Crippen molar-refractivity contribution in [2.75, 3.05) is 11.5 Å². The normalized spacial score (nSPS) is 13.4. The molecule has 4 nitrogen and oxygen atoms in total. The van der Waals surface area contributed by atoms with Gasteiger partial charge in [0.15, 0.2) is 0 Å². The monoisotopic (exact) mass is 321 g/mol. The topological polar surface area (TPSA) is 66.4 Å². The molecule has 1 aromatic rings. The Hall–Kier alpha value is -0.630. The number of hydrogen-bond acceptors (Lipinski definition) is 4. The fraction of sp³-hybridized carbons (Fsp3) is 0.538. The van der Waals surface area contributed by atoms with Gasteiger partial charge in [0.25, 0.3) is 0 Å². The van der Waals surface area contributed by atoms with Crippen molar-refractivity contribution >= 4 is 21.8 Å². The Bertz CT molecular complexity index is 561. The molecule has 7 heteroatoms. The molecule has 0 amide bonds. The van der Waals surface area contributed by atoms with E-state index in [-0.39, 0.29) is 22.1 Å². The lowest BCUT2D eigenvalue weighted by Crippen LogP contribution is -2.34. The average molecular weight is 321 g/mol. The molecule has 114 valence electrons. The zero-order valence-electron chi connectivity index (χ0n) is 11.8. The largest absolute Gasteiger partial charge is 0.392 e. The van der Waals surface area contributed by atoms with Crippen molar-refractivity contribution in [3.63, 3.8) is 0 Å². The Labute approximate surface area is 123 Å². The van der Waals surface area contributed by atoms with Crippen molar-refractivity contribution in [1.82, 2.24) is 4.72 Å². The van der Waals surface area contributed by atoms with Crippen LogP contribution in [-0.2, 0) is 16.6 Å². The van der Waals surface area contributed by atoms with Gasteiger partial charge in [-0.1, -0.05) is 6.92 Å². The highest BCUT2D eigenvalue weighted by Gasteiger charge is 2.20. The minimum atomic E-state index is -3.70. The molecule has 0 radical (unpaired) electrons. The van der Waals surface area contributed by atoms with Crippen molar-refractivity contribution in [2.45, 2.75) is 38.3 Å². The number of thioether (sulfide) groups is 1. The summed E-state index contributed by atoms with van der Waals surface area (Å²) >= 11 is 1.64. The van der Waals surface area contributed by atoms with E-state index < -0.39 is 22.4 Å². The lowest BCUT2D eigenvalue weighted by atomic mass is 10.1. The van der Waals surface area contributed by atoms with Crippen LogP contribution in [-0.4, -0.2) is 31.1 Å². The Morgan fingerprint density at radius 3 is 2.65 bits per heavy atom. The van der Waals surface area contributed by atoms with Crippen LogP contribution in [0.4, 0.5) is 4.39 Å². The first kappa shape index (κ1) is 17.4. The van der Waals surface area contributed by atoms with Crippen LogP contribution in [0, 0.1) is 12.7 Å². The summed E-state index contributed by atoms with van der Waals surface area (Å²) in [5.74, 6) is 1.01. The van der Waals surface area contributed by atoms with Gasteiger partial charge in [0.05, 0.1) is 11.5 Å². The minimum Gasteiger partial charge on any atom is -0.392 e. The van der Waals surface area contributed by atoms with Gasteiger partial charge in [-0.05, 0) is 37.3 Å². The van der Waals surface area contributed by atoms with Crippen LogP contribution >= 0.6 is 11.8 Å². The lowest BCUT2D eigenvalue weighted by Gasteiger charge is -2.15. The molecule has 1 atom stereocenters. The second-order valence-corrected chi connectivity index (χ2v) is 7.59. The summed E-state index contributed by atoms with van der Waals surface area (Å²) in [4.78, 5) is -0.0196. The zero-order chi connectivity index (χ0) is 15.3. The van der Waals surface area contributed by atoms with Crippen molar-refractivity contribution in [2.24, 2.45) is 0 Å². The standard InChI is InChI=1S/C13H20FNO3S2/c1-4-19-8-10(3)15-20(17,18)12-5-9(2)13(14)11(6-12)7-16/h5-6,10,15-16H,4,7-8H2,1-3H3. The second-order valence-electron chi connectivity index (χ2n) is 4.55. The van der Waals surface area contributed by atoms with Gasteiger partial charge in [0.1, 0.15) is 5.82 Å². The maximum absolute atomic E-state index is 13.6. The number of rotatable bonds is 7. The van der Waals surface area contributed by atoms with Crippen molar-refractivity contribution in [1.29, 1.82) is 0 Å². The van der Waals surface area contributed by atoms with Gasteiger partial charge in [0.2, 0.25) is 10.0 Å². The Kier molecular flexibility index (Phi) is 6.44. The first-order valence-electron chi connectivity index (χ1n) is 6.31. The van der Waals surface area contributed by atoms with E-state index in [4.69, 9.17) is 5.11 Å². The number of sulfonamides is 1. The number of halogens is 1. The number of benzene rings is 1. The molecule has 20 heavy (non-hydrogen) atoms. The molecular weight excluding hydrogens is 301 g/mol. The lowest BCUT2D eigenvalue weighted by molar-refractivity contribution is 0.275. The summed E-state index contributed by atoms with van der Waals surface area (Å²) < 4.78 is 40.6.